The number of unbranched alkanes of at least 4 members (excludes halogenated alkanes) is 1. The van der Waals surface area contributed by atoms with Crippen LogP contribution in [0.1, 0.15) is 43.9 Å². The van der Waals surface area contributed by atoms with E-state index in [4.69, 9.17) is 5.73 Å². The van der Waals surface area contributed by atoms with Crippen molar-refractivity contribution in [2.45, 2.75) is 57.9 Å². The quantitative estimate of drug-likeness (QED) is 0.588. The summed E-state index contributed by atoms with van der Waals surface area (Å²) in [6, 6.07) is 3.63. The first-order valence-electron chi connectivity index (χ1n) is 9.45. The van der Waals surface area contributed by atoms with E-state index in [0.29, 0.717) is 19.5 Å². The lowest BCUT2D eigenvalue weighted by atomic mass is 10.1. The molecule has 3 N–H and O–H groups in total. The Bertz CT molecular complexity index is 583. The van der Waals surface area contributed by atoms with Gasteiger partial charge in [0, 0.05) is 18.8 Å². The minimum absolute atomic E-state index is 0.103. The van der Waals surface area contributed by atoms with E-state index >= 15 is 0 Å². The van der Waals surface area contributed by atoms with E-state index in [0.717, 1.165) is 50.2 Å². The number of nitrogens with zero attached hydrogens (tertiary/aromatic N) is 2. The van der Waals surface area contributed by atoms with Gasteiger partial charge in [-0.05, 0) is 63.6 Å². The predicted octanol–water partition coefficient (Wildman–Crippen LogP) is 2.64. The molecule has 1 aromatic rings. The van der Waals surface area contributed by atoms with Gasteiger partial charge < -0.3 is 11.1 Å². The molecule has 2 rings (SSSR count). The van der Waals surface area contributed by atoms with Crippen molar-refractivity contribution in [3.8, 4) is 0 Å². The van der Waals surface area contributed by atoms with Crippen LogP contribution in [-0.4, -0.2) is 54.3 Å². The molecule has 146 valence electrons. The number of pyridine rings is 1. The Hall–Kier alpha value is -1.60. The summed E-state index contributed by atoms with van der Waals surface area (Å²) in [6.07, 6.45) is 2.79. The Morgan fingerprint density at radius 1 is 1.35 bits per heavy atom. The topological polar surface area (TPSA) is 71.2 Å². The standard InChI is InChI=1S/C19H30F2N4O/c1-14(26)17(22)9-12-25(13-18(20)21)11-3-2-6-16-8-7-15-5-4-10-23-19(15)24-16/h7-8,17-18H,2-6,9-13,22H2,1H3,(H,23,24)/t17-/m0/s1. The molecular formula is C19H30F2N4O. The van der Waals surface area contributed by atoms with Gasteiger partial charge in [-0.15, -0.1) is 0 Å². The maximum Gasteiger partial charge on any atom is 0.251 e. The van der Waals surface area contributed by atoms with Crippen LogP contribution in [0.25, 0.3) is 0 Å². The van der Waals surface area contributed by atoms with Gasteiger partial charge in [0.15, 0.2) is 0 Å². The molecule has 1 aliphatic rings. The molecular weight excluding hydrogens is 338 g/mol. The number of anilines is 1. The second-order valence-corrected chi connectivity index (χ2v) is 7.00. The Kier molecular flexibility index (Phi) is 8.38. The second-order valence-electron chi connectivity index (χ2n) is 7.00. The Labute approximate surface area is 154 Å². The lowest BCUT2D eigenvalue weighted by Crippen LogP contribution is -2.37. The van der Waals surface area contributed by atoms with Gasteiger partial charge in [0.1, 0.15) is 11.6 Å². The third-order valence-corrected chi connectivity index (χ3v) is 4.78. The van der Waals surface area contributed by atoms with Crippen molar-refractivity contribution in [1.29, 1.82) is 0 Å². The average molecular weight is 368 g/mol. The molecule has 0 spiro atoms. The van der Waals surface area contributed by atoms with Gasteiger partial charge in [0.25, 0.3) is 6.43 Å². The zero-order valence-corrected chi connectivity index (χ0v) is 15.5. The first kappa shape index (κ1) is 20.7. The molecule has 0 aliphatic carbocycles. The number of aromatic nitrogens is 1. The number of rotatable bonds is 11. The molecule has 0 radical (unpaired) electrons. The Morgan fingerprint density at radius 2 is 2.15 bits per heavy atom. The van der Waals surface area contributed by atoms with Gasteiger partial charge in [-0.1, -0.05) is 6.07 Å². The van der Waals surface area contributed by atoms with Crippen molar-refractivity contribution < 1.29 is 13.6 Å². The first-order valence-corrected chi connectivity index (χ1v) is 9.45. The monoisotopic (exact) mass is 368 g/mol. The van der Waals surface area contributed by atoms with E-state index in [-0.39, 0.29) is 12.3 Å². The van der Waals surface area contributed by atoms with Crippen LogP contribution in [0.15, 0.2) is 12.1 Å². The summed E-state index contributed by atoms with van der Waals surface area (Å²) >= 11 is 0. The van der Waals surface area contributed by atoms with Crippen LogP contribution in [0.5, 0.6) is 0 Å². The summed E-state index contributed by atoms with van der Waals surface area (Å²) < 4.78 is 25.5. The zero-order valence-electron chi connectivity index (χ0n) is 15.5. The molecule has 1 aromatic heterocycles. The highest BCUT2D eigenvalue weighted by molar-refractivity contribution is 5.81. The largest absolute Gasteiger partial charge is 0.370 e. The number of aryl methyl sites for hydroxylation is 2. The van der Waals surface area contributed by atoms with Gasteiger partial charge in [-0.2, -0.15) is 0 Å². The second kappa shape index (κ2) is 10.5. The fraction of sp³-hybridized carbons (Fsp3) is 0.684. The van der Waals surface area contributed by atoms with Crippen LogP contribution in [-0.2, 0) is 17.6 Å². The summed E-state index contributed by atoms with van der Waals surface area (Å²) in [7, 11) is 0. The van der Waals surface area contributed by atoms with Gasteiger partial charge in [0.05, 0.1) is 12.6 Å². The zero-order chi connectivity index (χ0) is 18.9. The number of alkyl halides is 2. The van der Waals surface area contributed by atoms with Gasteiger partial charge in [0.2, 0.25) is 0 Å². The molecule has 0 aromatic carbocycles. The number of halogens is 2. The average Bonchev–Trinajstić information content (AvgIpc) is 2.62. The number of carbonyl (C=O) groups is 1. The van der Waals surface area contributed by atoms with Gasteiger partial charge in [-0.3, -0.25) is 9.69 Å². The van der Waals surface area contributed by atoms with Gasteiger partial charge >= 0.3 is 0 Å². The third kappa shape index (κ3) is 6.96. The molecule has 1 atom stereocenters. The fourth-order valence-electron chi connectivity index (χ4n) is 3.16. The molecule has 5 nitrogen and oxygen atoms in total. The van der Waals surface area contributed by atoms with Crippen LogP contribution >= 0.6 is 0 Å². The SMILES string of the molecule is CC(=O)[C@@H](N)CCN(CCCCc1ccc2c(n1)NCCC2)CC(F)F. The van der Waals surface area contributed by atoms with E-state index in [9.17, 15) is 13.6 Å². The van der Waals surface area contributed by atoms with Crippen molar-refractivity contribution >= 4 is 11.6 Å². The van der Waals surface area contributed by atoms with Crippen molar-refractivity contribution in [2.75, 3.05) is 31.5 Å². The minimum atomic E-state index is -2.38. The maximum absolute atomic E-state index is 12.7. The van der Waals surface area contributed by atoms with Gasteiger partial charge in [-0.25, -0.2) is 13.8 Å². The van der Waals surface area contributed by atoms with E-state index in [1.165, 1.54) is 12.5 Å². The molecule has 26 heavy (non-hydrogen) atoms. The van der Waals surface area contributed by atoms with Crippen LogP contribution in [0.4, 0.5) is 14.6 Å². The number of ketones is 1. The molecule has 2 heterocycles. The number of hydrogen-bond donors (Lipinski definition) is 2. The molecule has 0 fully saturated rings. The first-order chi connectivity index (χ1) is 12.5. The van der Waals surface area contributed by atoms with Crippen LogP contribution < -0.4 is 11.1 Å². The fourth-order valence-corrected chi connectivity index (χ4v) is 3.16. The Morgan fingerprint density at radius 3 is 2.88 bits per heavy atom. The Balaban J connectivity index is 1.75. The molecule has 0 unspecified atom stereocenters. The highest BCUT2D eigenvalue weighted by Crippen LogP contribution is 2.20. The number of nitrogens with one attached hydrogen (secondary N) is 1. The van der Waals surface area contributed by atoms with E-state index in [1.807, 2.05) is 0 Å². The van der Waals surface area contributed by atoms with Crippen molar-refractivity contribution in [3.05, 3.63) is 23.4 Å². The lowest BCUT2D eigenvalue weighted by molar-refractivity contribution is -0.118. The maximum atomic E-state index is 12.7. The number of fused-ring (bicyclic) bond motifs is 1. The molecule has 7 heteroatoms. The van der Waals surface area contributed by atoms with E-state index in [1.54, 1.807) is 4.90 Å². The third-order valence-electron chi connectivity index (χ3n) is 4.78. The molecule has 0 bridgehead atoms. The molecule has 1 aliphatic heterocycles. The molecule has 0 amide bonds. The normalized spacial score (nSPS) is 15.0. The summed E-state index contributed by atoms with van der Waals surface area (Å²) in [5.74, 6) is 0.889. The summed E-state index contributed by atoms with van der Waals surface area (Å²) in [5.41, 5.74) is 8.01. The highest BCUT2D eigenvalue weighted by Gasteiger charge is 2.15. The lowest BCUT2D eigenvalue weighted by Gasteiger charge is -2.23. The number of nitrogens with two attached hydrogens (primary N) is 1. The molecule has 0 saturated carbocycles. The summed E-state index contributed by atoms with van der Waals surface area (Å²) in [5, 5.41) is 3.33. The number of Topliss-reactive ketones (excluding diaryl/α,β-unsaturated/α-hetero) is 1. The minimum Gasteiger partial charge on any atom is -0.370 e. The van der Waals surface area contributed by atoms with Crippen molar-refractivity contribution in [1.82, 2.24) is 9.88 Å². The van der Waals surface area contributed by atoms with Crippen LogP contribution in [0.2, 0.25) is 0 Å². The van der Waals surface area contributed by atoms with E-state index in [2.05, 4.69) is 22.4 Å². The summed E-state index contributed by atoms with van der Waals surface area (Å²) in [4.78, 5) is 17.6. The van der Waals surface area contributed by atoms with Crippen molar-refractivity contribution in [3.63, 3.8) is 0 Å². The van der Waals surface area contributed by atoms with Crippen LogP contribution in [0, 0.1) is 0 Å². The molecule has 0 saturated heterocycles. The number of hydrogen-bond acceptors (Lipinski definition) is 5. The van der Waals surface area contributed by atoms with Crippen LogP contribution in [0.3, 0.4) is 0 Å². The summed E-state index contributed by atoms with van der Waals surface area (Å²) in [6.45, 7) is 3.13. The van der Waals surface area contributed by atoms with Crippen molar-refractivity contribution in [2.24, 2.45) is 5.73 Å². The smallest absolute Gasteiger partial charge is 0.251 e. The highest BCUT2D eigenvalue weighted by atomic mass is 19.3. The predicted molar refractivity (Wildman–Crippen MR) is 99.7 cm³/mol. The number of carbonyl (C=O) groups excluding carboxylic acids is 1. The van der Waals surface area contributed by atoms with E-state index < -0.39 is 12.5 Å².